The Morgan fingerprint density at radius 1 is 1.10 bits per heavy atom. The zero-order valence-corrected chi connectivity index (χ0v) is 12.0. The minimum absolute atomic E-state index is 0.123. The fourth-order valence-electron chi connectivity index (χ4n) is 3.18. The van der Waals surface area contributed by atoms with E-state index in [9.17, 15) is 4.79 Å². The highest BCUT2D eigenvalue weighted by molar-refractivity contribution is 5.98. The molecule has 4 rings (SSSR count). The third-order valence-electron chi connectivity index (χ3n) is 4.64. The van der Waals surface area contributed by atoms with Crippen LogP contribution in [-0.4, -0.2) is 66.0 Å². The highest BCUT2D eigenvalue weighted by atomic mass is 16.2. The van der Waals surface area contributed by atoms with Gasteiger partial charge in [0, 0.05) is 56.2 Å². The molecule has 3 heterocycles. The lowest BCUT2D eigenvalue weighted by Crippen LogP contribution is -2.62. The smallest absolute Gasteiger partial charge is 0.270 e. The molecule has 21 heavy (non-hydrogen) atoms. The number of hydrogen-bond donors (Lipinski definition) is 2. The van der Waals surface area contributed by atoms with Gasteiger partial charge in [-0.1, -0.05) is 18.2 Å². The number of H-pyrrole nitrogens is 1. The van der Waals surface area contributed by atoms with Crippen molar-refractivity contribution in [1.29, 1.82) is 0 Å². The molecular weight excluding hydrogens is 264 g/mol. The Kier molecular flexibility index (Phi) is 3.16. The van der Waals surface area contributed by atoms with Gasteiger partial charge in [0.25, 0.3) is 5.91 Å². The van der Waals surface area contributed by atoms with E-state index < -0.39 is 0 Å². The van der Waals surface area contributed by atoms with Crippen molar-refractivity contribution in [2.45, 2.75) is 6.04 Å². The van der Waals surface area contributed by atoms with Gasteiger partial charge in [-0.05, 0) is 12.1 Å². The Hall–Kier alpha value is -1.85. The molecule has 0 saturated carbocycles. The van der Waals surface area contributed by atoms with Crippen LogP contribution in [0.5, 0.6) is 0 Å². The number of aromatic amines is 1. The van der Waals surface area contributed by atoms with Crippen molar-refractivity contribution in [2.24, 2.45) is 0 Å². The number of rotatable bonds is 2. The zero-order chi connectivity index (χ0) is 14.2. The van der Waals surface area contributed by atoms with Gasteiger partial charge in [0.1, 0.15) is 5.69 Å². The summed E-state index contributed by atoms with van der Waals surface area (Å²) < 4.78 is 0. The second-order valence-corrected chi connectivity index (χ2v) is 5.91. The number of amides is 1. The molecule has 0 radical (unpaired) electrons. The van der Waals surface area contributed by atoms with Crippen LogP contribution in [0.4, 0.5) is 0 Å². The lowest BCUT2D eigenvalue weighted by molar-refractivity contribution is 0.0498. The van der Waals surface area contributed by atoms with E-state index in [-0.39, 0.29) is 5.91 Å². The summed E-state index contributed by atoms with van der Waals surface area (Å²) in [7, 11) is 0. The average molecular weight is 284 g/mol. The molecule has 1 aromatic heterocycles. The first-order valence-corrected chi connectivity index (χ1v) is 7.63. The summed E-state index contributed by atoms with van der Waals surface area (Å²) in [5.74, 6) is 0.123. The normalized spacial score (nSPS) is 20.7. The van der Waals surface area contributed by atoms with Crippen molar-refractivity contribution in [3.63, 3.8) is 0 Å². The lowest BCUT2D eigenvalue weighted by atomic mass is 10.1. The van der Waals surface area contributed by atoms with Crippen LogP contribution >= 0.6 is 0 Å². The van der Waals surface area contributed by atoms with Gasteiger partial charge in [-0.2, -0.15) is 0 Å². The summed E-state index contributed by atoms with van der Waals surface area (Å²) in [4.78, 5) is 20.3. The molecule has 2 aromatic rings. The van der Waals surface area contributed by atoms with E-state index in [4.69, 9.17) is 0 Å². The summed E-state index contributed by atoms with van der Waals surface area (Å²) in [6.45, 7) is 5.80. The van der Waals surface area contributed by atoms with Gasteiger partial charge in [-0.15, -0.1) is 0 Å². The van der Waals surface area contributed by atoms with E-state index in [0.29, 0.717) is 11.7 Å². The van der Waals surface area contributed by atoms with Gasteiger partial charge < -0.3 is 15.2 Å². The van der Waals surface area contributed by atoms with Crippen LogP contribution in [0.3, 0.4) is 0 Å². The van der Waals surface area contributed by atoms with Crippen molar-refractivity contribution >= 4 is 16.8 Å². The molecular formula is C16H20N4O. The molecule has 2 N–H and O–H groups in total. The van der Waals surface area contributed by atoms with Crippen molar-refractivity contribution < 1.29 is 4.79 Å². The quantitative estimate of drug-likeness (QED) is 0.861. The van der Waals surface area contributed by atoms with Gasteiger partial charge in [0.15, 0.2) is 0 Å². The number of hydrogen-bond acceptors (Lipinski definition) is 3. The van der Waals surface area contributed by atoms with Crippen LogP contribution in [-0.2, 0) is 0 Å². The Labute approximate surface area is 123 Å². The number of carbonyl (C=O) groups is 1. The standard InChI is InChI=1S/C16H20N4O/c21-16(15-9-12-3-1-2-4-14(12)18-15)20-7-5-19(6-8-20)13-10-17-11-13/h1-4,9,13,17-18H,5-8,10-11H2. The summed E-state index contributed by atoms with van der Waals surface area (Å²) >= 11 is 0. The summed E-state index contributed by atoms with van der Waals surface area (Å²) in [6.07, 6.45) is 0. The third-order valence-corrected chi connectivity index (χ3v) is 4.64. The predicted molar refractivity (Wildman–Crippen MR) is 82.4 cm³/mol. The molecule has 5 nitrogen and oxygen atoms in total. The monoisotopic (exact) mass is 284 g/mol. The SMILES string of the molecule is O=C(c1cc2ccccc2[nH]1)N1CCN(C2CNC2)CC1. The minimum atomic E-state index is 0.123. The molecule has 5 heteroatoms. The number of benzene rings is 1. The van der Waals surface area contributed by atoms with Crippen molar-refractivity contribution in [1.82, 2.24) is 20.1 Å². The number of piperazine rings is 1. The lowest BCUT2D eigenvalue weighted by Gasteiger charge is -2.43. The molecule has 2 saturated heterocycles. The molecule has 2 fully saturated rings. The Bertz CT molecular complexity index is 620. The molecule has 0 bridgehead atoms. The van der Waals surface area contributed by atoms with Crippen LogP contribution in [0.2, 0.25) is 0 Å². The Morgan fingerprint density at radius 2 is 1.86 bits per heavy atom. The van der Waals surface area contributed by atoms with Crippen LogP contribution in [0.25, 0.3) is 10.9 Å². The Morgan fingerprint density at radius 3 is 2.52 bits per heavy atom. The van der Waals surface area contributed by atoms with Gasteiger partial charge in [0.2, 0.25) is 0 Å². The van der Waals surface area contributed by atoms with Crippen LogP contribution in [0.1, 0.15) is 10.5 Å². The topological polar surface area (TPSA) is 51.4 Å². The second-order valence-electron chi connectivity index (χ2n) is 5.91. The van der Waals surface area contributed by atoms with E-state index in [1.165, 1.54) is 0 Å². The maximum Gasteiger partial charge on any atom is 0.270 e. The van der Waals surface area contributed by atoms with Crippen LogP contribution in [0, 0.1) is 0 Å². The first-order chi connectivity index (χ1) is 10.3. The fraction of sp³-hybridized carbons (Fsp3) is 0.438. The third kappa shape index (κ3) is 2.32. The first kappa shape index (κ1) is 12.9. The summed E-state index contributed by atoms with van der Waals surface area (Å²) in [5.41, 5.74) is 1.73. The van der Waals surface area contributed by atoms with Gasteiger partial charge in [-0.25, -0.2) is 0 Å². The van der Waals surface area contributed by atoms with Gasteiger partial charge >= 0.3 is 0 Å². The summed E-state index contributed by atoms with van der Waals surface area (Å²) in [6, 6.07) is 10.7. The predicted octanol–water partition coefficient (Wildman–Crippen LogP) is 0.897. The molecule has 0 spiro atoms. The number of nitrogens with one attached hydrogen (secondary N) is 2. The highest BCUT2D eigenvalue weighted by Crippen LogP contribution is 2.17. The largest absolute Gasteiger partial charge is 0.351 e. The van der Waals surface area contributed by atoms with Crippen LogP contribution in [0.15, 0.2) is 30.3 Å². The molecule has 2 aliphatic heterocycles. The van der Waals surface area contributed by atoms with E-state index in [1.54, 1.807) is 0 Å². The molecule has 0 aliphatic carbocycles. The highest BCUT2D eigenvalue weighted by Gasteiger charge is 2.29. The van der Waals surface area contributed by atoms with E-state index in [1.807, 2.05) is 35.2 Å². The van der Waals surface area contributed by atoms with Crippen molar-refractivity contribution in [3.05, 3.63) is 36.0 Å². The molecule has 0 unspecified atom stereocenters. The number of carbonyl (C=O) groups excluding carboxylic acids is 1. The second kappa shape index (κ2) is 5.16. The van der Waals surface area contributed by atoms with E-state index >= 15 is 0 Å². The Balaban J connectivity index is 1.45. The molecule has 1 aromatic carbocycles. The molecule has 110 valence electrons. The number of fused-ring (bicyclic) bond motifs is 1. The number of para-hydroxylation sites is 1. The van der Waals surface area contributed by atoms with Crippen molar-refractivity contribution in [2.75, 3.05) is 39.3 Å². The van der Waals surface area contributed by atoms with E-state index in [0.717, 1.165) is 50.2 Å². The zero-order valence-electron chi connectivity index (χ0n) is 12.0. The number of aromatic nitrogens is 1. The number of nitrogens with zero attached hydrogens (tertiary/aromatic N) is 2. The molecule has 1 amide bonds. The fourth-order valence-corrected chi connectivity index (χ4v) is 3.18. The molecule has 2 aliphatic rings. The van der Waals surface area contributed by atoms with Crippen molar-refractivity contribution in [3.8, 4) is 0 Å². The molecule has 0 atom stereocenters. The maximum absolute atomic E-state index is 12.6. The van der Waals surface area contributed by atoms with Gasteiger partial charge in [-0.3, -0.25) is 9.69 Å². The summed E-state index contributed by atoms with van der Waals surface area (Å²) in [5, 5.41) is 4.40. The van der Waals surface area contributed by atoms with E-state index in [2.05, 4.69) is 15.2 Å². The first-order valence-electron chi connectivity index (χ1n) is 7.63. The minimum Gasteiger partial charge on any atom is -0.351 e. The van der Waals surface area contributed by atoms with Gasteiger partial charge in [0.05, 0.1) is 0 Å². The average Bonchev–Trinajstić information content (AvgIpc) is 2.89. The van der Waals surface area contributed by atoms with Crippen LogP contribution < -0.4 is 5.32 Å². The maximum atomic E-state index is 12.6.